The van der Waals surface area contributed by atoms with Crippen molar-refractivity contribution >= 4 is 0 Å². The van der Waals surface area contributed by atoms with Gasteiger partial charge in [0.15, 0.2) is 0 Å². The summed E-state index contributed by atoms with van der Waals surface area (Å²) in [5.41, 5.74) is -0.140. The van der Waals surface area contributed by atoms with Crippen molar-refractivity contribution < 1.29 is 9.84 Å². The molecule has 1 rings (SSSR count). The van der Waals surface area contributed by atoms with E-state index in [1.54, 1.807) is 0 Å². The summed E-state index contributed by atoms with van der Waals surface area (Å²) in [7, 11) is 0. The van der Waals surface area contributed by atoms with Gasteiger partial charge in [-0.15, -0.1) is 12.3 Å². The molecule has 0 bridgehead atoms. The van der Waals surface area contributed by atoms with Gasteiger partial charge in [-0.05, 0) is 26.2 Å². The van der Waals surface area contributed by atoms with E-state index in [0.29, 0.717) is 0 Å². The normalized spacial score (nSPS) is 22.7. The number of aliphatic hydroxyl groups is 1. The van der Waals surface area contributed by atoms with E-state index in [-0.39, 0.29) is 11.6 Å². The van der Waals surface area contributed by atoms with Crippen LogP contribution in [0.15, 0.2) is 0 Å². The number of aliphatic hydroxyl groups excluding tert-OH is 1. The van der Waals surface area contributed by atoms with Crippen molar-refractivity contribution in [2.24, 2.45) is 0 Å². The van der Waals surface area contributed by atoms with Gasteiger partial charge in [0, 0.05) is 25.0 Å². The van der Waals surface area contributed by atoms with Crippen molar-refractivity contribution in [3.8, 4) is 12.3 Å². The van der Waals surface area contributed by atoms with E-state index in [4.69, 9.17) is 11.2 Å². The van der Waals surface area contributed by atoms with Gasteiger partial charge in [-0.3, -0.25) is 4.90 Å². The van der Waals surface area contributed by atoms with Gasteiger partial charge < -0.3 is 9.84 Å². The molecule has 1 fully saturated rings. The molecule has 98 valence electrons. The zero-order valence-electron chi connectivity index (χ0n) is 11.1. The summed E-state index contributed by atoms with van der Waals surface area (Å²) in [5.74, 6) is 2.63. The monoisotopic (exact) mass is 239 g/mol. The predicted molar refractivity (Wildman–Crippen MR) is 69.8 cm³/mol. The number of hydrogen-bond donors (Lipinski definition) is 1. The second kappa shape index (κ2) is 7.00. The Balaban J connectivity index is 2.55. The highest BCUT2D eigenvalue weighted by atomic mass is 16.5. The first kappa shape index (κ1) is 14.5. The molecule has 3 nitrogen and oxygen atoms in total. The third-order valence-corrected chi connectivity index (χ3v) is 3.97. The number of terminal acetylenes is 1. The van der Waals surface area contributed by atoms with Gasteiger partial charge in [0.1, 0.15) is 0 Å². The first-order valence-corrected chi connectivity index (χ1v) is 6.59. The van der Waals surface area contributed by atoms with Gasteiger partial charge in [-0.25, -0.2) is 0 Å². The molecule has 0 aromatic carbocycles. The van der Waals surface area contributed by atoms with Crippen LogP contribution in [0.1, 0.15) is 39.5 Å². The van der Waals surface area contributed by atoms with Gasteiger partial charge in [-0.2, -0.15) is 0 Å². The number of hydrogen-bond acceptors (Lipinski definition) is 3. The molecule has 1 saturated heterocycles. The Hall–Kier alpha value is -0.560. The molecule has 17 heavy (non-hydrogen) atoms. The summed E-state index contributed by atoms with van der Waals surface area (Å²) >= 11 is 0. The maximum Gasteiger partial charge on any atom is 0.0721 e. The maximum atomic E-state index is 10.4. The Morgan fingerprint density at radius 2 is 2.12 bits per heavy atom. The molecule has 0 saturated carbocycles. The fraction of sp³-hybridized carbons (Fsp3) is 0.857. The lowest BCUT2D eigenvalue weighted by molar-refractivity contribution is -0.0743. The van der Waals surface area contributed by atoms with Crippen LogP contribution in [0.3, 0.4) is 0 Å². The van der Waals surface area contributed by atoms with Crippen molar-refractivity contribution in [1.29, 1.82) is 0 Å². The number of nitrogens with zero attached hydrogens (tertiary/aromatic N) is 1. The van der Waals surface area contributed by atoms with Crippen LogP contribution in [0.2, 0.25) is 0 Å². The lowest BCUT2D eigenvalue weighted by Gasteiger charge is -2.46. The van der Waals surface area contributed by atoms with Gasteiger partial charge >= 0.3 is 0 Å². The van der Waals surface area contributed by atoms with E-state index in [9.17, 15) is 5.11 Å². The molecule has 0 spiro atoms. The predicted octanol–water partition coefficient (Wildman–Crippen LogP) is 1.65. The molecule has 0 aromatic rings. The minimum absolute atomic E-state index is 0.140. The van der Waals surface area contributed by atoms with E-state index in [1.807, 2.05) is 0 Å². The summed E-state index contributed by atoms with van der Waals surface area (Å²) in [4.78, 5) is 2.36. The van der Waals surface area contributed by atoms with Crippen LogP contribution in [0.4, 0.5) is 0 Å². The number of ether oxygens (including phenoxy) is 1. The number of unbranched alkanes of at least 4 members (excludes halogenated alkanes) is 1. The first-order chi connectivity index (χ1) is 8.15. The molecule has 0 aromatic heterocycles. The summed E-state index contributed by atoms with van der Waals surface area (Å²) in [6.07, 6.45) is 8.32. The minimum Gasteiger partial charge on any atom is -0.391 e. The van der Waals surface area contributed by atoms with Crippen molar-refractivity contribution in [2.75, 3.05) is 26.3 Å². The minimum atomic E-state index is -0.307. The fourth-order valence-electron chi connectivity index (χ4n) is 2.45. The molecular weight excluding hydrogens is 214 g/mol. The van der Waals surface area contributed by atoms with Crippen LogP contribution in [0.25, 0.3) is 0 Å². The summed E-state index contributed by atoms with van der Waals surface area (Å²) in [6, 6.07) is 0. The molecule has 0 aliphatic carbocycles. The second-order valence-corrected chi connectivity index (χ2v) is 4.92. The fourth-order valence-corrected chi connectivity index (χ4v) is 2.45. The van der Waals surface area contributed by atoms with Crippen LogP contribution in [0, 0.1) is 12.3 Å². The quantitative estimate of drug-likeness (QED) is 0.565. The van der Waals surface area contributed by atoms with Crippen molar-refractivity contribution in [3.63, 3.8) is 0 Å². The van der Waals surface area contributed by atoms with Gasteiger partial charge in [0.25, 0.3) is 0 Å². The largest absolute Gasteiger partial charge is 0.391 e. The zero-order valence-corrected chi connectivity index (χ0v) is 11.1. The van der Waals surface area contributed by atoms with E-state index in [2.05, 4.69) is 24.7 Å². The summed E-state index contributed by atoms with van der Waals surface area (Å²) < 4.78 is 5.37. The first-order valence-electron chi connectivity index (χ1n) is 6.59. The molecule has 0 amide bonds. The van der Waals surface area contributed by atoms with Crippen LogP contribution < -0.4 is 0 Å². The Morgan fingerprint density at radius 1 is 1.47 bits per heavy atom. The lowest BCUT2D eigenvalue weighted by atomic mass is 9.86. The molecule has 1 aliphatic heterocycles. The zero-order chi connectivity index (χ0) is 12.7. The highest BCUT2D eigenvalue weighted by molar-refractivity contribution is 4.93. The lowest BCUT2D eigenvalue weighted by Crippen LogP contribution is -2.57. The Bertz CT molecular complexity index is 255. The van der Waals surface area contributed by atoms with E-state index in [1.165, 1.54) is 0 Å². The molecule has 1 heterocycles. The maximum absolute atomic E-state index is 10.4. The molecule has 1 aliphatic rings. The van der Waals surface area contributed by atoms with Gasteiger partial charge in [0.05, 0.1) is 19.3 Å². The van der Waals surface area contributed by atoms with E-state index < -0.39 is 0 Å². The third-order valence-electron chi connectivity index (χ3n) is 3.97. The van der Waals surface area contributed by atoms with Crippen molar-refractivity contribution in [1.82, 2.24) is 4.90 Å². The van der Waals surface area contributed by atoms with Crippen LogP contribution in [-0.4, -0.2) is 48.0 Å². The van der Waals surface area contributed by atoms with Gasteiger partial charge in [0.2, 0.25) is 0 Å². The molecule has 2 atom stereocenters. The average Bonchev–Trinajstić information content (AvgIpc) is 2.39. The molecule has 3 heteroatoms. The SMILES string of the molecule is C#CCCCC(O)C(C)(CC)N1CCOCC1. The molecular formula is C14H25NO2. The Kier molecular flexibility index (Phi) is 5.97. The van der Waals surface area contributed by atoms with E-state index >= 15 is 0 Å². The third kappa shape index (κ3) is 3.70. The Morgan fingerprint density at radius 3 is 2.65 bits per heavy atom. The Labute approximate surface area is 105 Å². The average molecular weight is 239 g/mol. The molecule has 2 unspecified atom stereocenters. The second-order valence-electron chi connectivity index (χ2n) is 4.92. The number of rotatable bonds is 6. The molecule has 0 radical (unpaired) electrons. The van der Waals surface area contributed by atoms with Crippen molar-refractivity contribution in [2.45, 2.75) is 51.2 Å². The van der Waals surface area contributed by atoms with Crippen molar-refractivity contribution in [3.05, 3.63) is 0 Å². The van der Waals surface area contributed by atoms with Crippen LogP contribution >= 0.6 is 0 Å². The topological polar surface area (TPSA) is 32.7 Å². The summed E-state index contributed by atoms with van der Waals surface area (Å²) in [6.45, 7) is 7.66. The standard InChI is InChI=1S/C14H25NO2/c1-4-6-7-8-13(16)14(3,5-2)15-9-11-17-12-10-15/h1,13,16H,5-12H2,2-3H3. The van der Waals surface area contributed by atoms with Gasteiger partial charge in [-0.1, -0.05) is 6.92 Å². The smallest absolute Gasteiger partial charge is 0.0721 e. The summed E-state index contributed by atoms with van der Waals surface area (Å²) in [5, 5.41) is 10.4. The molecule has 1 N–H and O–H groups in total. The van der Waals surface area contributed by atoms with Crippen LogP contribution in [-0.2, 0) is 4.74 Å². The number of morpholine rings is 1. The highest BCUT2D eigenvalue weighted by Crippen LogP contribution is 2.27. The highest BCUT2D eigenvalue weighted by Gasteiger charge is 2.37. The van der Waals surface area contributed by atoms with Crippen LogP contribution in [0.5, 0.6) is 0 Å². The van der Waals surface area contributed by atoms with E-state index in [0.717, 1.165) is 52.0 Å².